The number of allylic oxidation sites excluding steroid dienone is 1. The second-order valence-corrected chi connectivity index (χ2v) is 37.3. The van der Waals surface area contributed by atoms with E-state index in [0.29, 0.717) is 94.3 Å². The van der Waals surface area contributed by atoms with Gasteiger partial charge in [0.15, 0.2) is 11.6 Å². The number of hydrogen-bond donors (Lipinski definition) is 10. The molecule has 11 aromatic rings. The Bertz CT molecular complexity index is 6030. The fourth-order valence-electron chi connectivity index (χ4n) is 15.8. The fourth-order valence-corrected chi connectivity index (χ4v) is 16.9. The van der Waals surface area contributed by atoms with Crippen LogP contribution < -0.4 is 55.6 Å². The molecule has 1 aliphatic rings. The van der Waals surface area contributed by atoms with Crippen molar-refractivity contribution in [3.05, 3.63) is 352 Å². The second kappa shape index (κ2) is 59.7. The number of carboxylic acids is 3. The Balaban J connectivity index is 0.000000222. The van der Waals surface area contributed by atoms with E-state index in [1.54, 1.807) is 177 Å². The zero-order valence-corrected chi connectivity index (χ0v) is 83.2. The molecule has 3 atom stereocenters. The molecular formula is C116H133N7O20S. The molecule has 0 aliphatic heterocycles. The number of unbranched alkanes of at least 4 members (excludes halogenated alkanes) is 12. The molecule has 1 aliphatic carbocycles. The van der Waals surface area contributed by atoms with Gasteiger partial charge in [0.05, 0.1) is 44.9 Å². The third kappa shape index (κ3) is 39.1. The lowest BCUT2D eigenvalue weighted by Crippen LogP contribution is -2.42. The lowest BCUT2D eigenvalue weighted by Gasteiger charge is -2.17. The van der Waals surface area contributed by atoms with E-state index in [1.165, 1.54) is 107 Å². The quantitative estimate of drug-likeness (QED) is 0.0125. The number of ketones is 2. The van der Waals surface area contributed by atoms with Gasteiger partial charge >= 0.3 is 17.9 Å². The van der Waals surface area contributed by atoms with Gasteiger partial charge in [0, 0.05) is 88.4 Å². The first-order valence-corrected chi connectivity index (χ1v) is 50.9. The summed E-state index contributed by atoms with van der Waals surface area (Å²) in [6, 6.07) is 73.8. The number of anilines is 4. The Morgan fingerprint density at radius 2 is 0.667 bits per heavy atom. The van der Waals surface area contributed by atoms with E-state index >= 15 is 0 Å². The van der Waals surface area contributed by atoms with Crippen molar-refractivity contribution in [1.29, 1.82) is 0 Å². The topological polar surface area (TPSA) is 396 Å². The number of sulfonamides is 1. The zero-order chi connectivity index (χ0) is 103. The summed E-state index contributed by atoms with van der Waals surface area (Å²) >= 11 is 0. The SMILES string of the molecule is C=C(Nc1ccc(C(=O)N[C@@H](Cc2ccc(NS(=O)(=O)c3ccc(OCCCCCCC)cc3)cc2)C(=O)O)cc1)C1CCCC1.CCCCCCCOc1ccc(C(=O)Cc2ccc(C[C@H](NC(=O)c3ccc(NC(=O)COCc4ccccc4)cc3)C(=O)O)cc2)cc1.CCCCCCCOc1ccc(C(=O)Cc2ccc(C[C@H](NC(=O)c3ccc(NC(=O)Cc4ccc(OC)cc4)cc3)C(=O)O)cc2)cc1. The Morgan fingerprint density at radius 1 is 0.347 bits per heavy atom. The predicted molar refractivity (Wildman–Crippen MR) is 560 cm³/mol. The molecule has 10 N–H and O–H groups in total. The van der Waals surface area contributed by atoms with Gasteiger partial charge in [-0.3, -0.25) is 38.3 Å². The summed E-state index contributed by atoms with van der Waals surface area (Å²) in [5.74, 6) is -2.44. The molecule has 11 aromatic carbocycles. The maximum Gasteiger partial charge on any atom is 0.326 e. The molecule has 27 nitrogen and oxygen atoms in total. The van der Waals surface area contributed by atoms with Crippen molar-refractivity contribution in [1.82, 2.24) is 16.0 Å². The van der Waals surface area contributed by atoms with Crippen LogP contribution >= 0.6 is 0 Å². The number of hydrogen-bond acceptors (Lipinski definition) is 18. The van der Waals surface area contributed by atoms with Crippen molar-refractivity contribution < 1.29 is 95.4 Å². The van der Waals surface area contributed by atoms with Crippen LogP contribution in [0.4, 0.5) is 22.7 Å². The highest BCUT2D eigenvalue weighted by molar-refractivity contribution is 7.92. The average molecular weight is 1980 g/mol. The molecule has 0 heterocycles. The van der Waals surface area contributed by atoms with Gasteiger partial charge in [-0.2, -0.15) is 0 Å². The number of carbonyl (C=O) groups is 10. The highest BCUT2D eigenvalue weighted by atomic mass is 32.2. The minimum Gasteiger partial charge on any atom is -0.497 e. The third-order valence-corrected chi connectivity index (χ3v) is 25.6. The molecule has 1 saturated carbocycles. The molecule has 0 radical (unpaired) electrons. The van der Waals surface area contributed by atoms with Gasteiger partial charge in [-0.1, -0.05) is 220 Å². The van der Waals surface area contributed by atoms with Gasteiger partial charge in [-0.25, -0.2) is 22.8 Å². The lowest BCUT2D eigenvalue weighted by atomic mass is 9.99. The zero-order valence-electron chi connectivity index (χ0n) is 82.4. The highest BCUT2D eigenvalue weighted by Crippen LogP contribution is 2.32. The van der Waals surface area contributed by atoms with Crippen molar-refractivity contribution in [2.75, 3.05) is 54.2 Å². The van der Waals surface area contributed by atoms with E-state index < -0.39 is 63.8 Å². The highest BCUT2D eigenvalue weighted by Gasteiger charge is 2.27. The van der Waals surface area contributed by atoms with Crippen LogP contribution in [0.5, 0.6) is 23.0 Å². The molecular weight excluding hydrogens is 1840 g/mol. The molecule has 144 heavy (non-hydrogen) atoms. The van der Waals surface area contributed by atoms with Gasteiger partial charge in [0.25, 0.3) is 27.7 Å². The standard InChI is InChI=1S/2C40H44N2O7.C36H45N3O6S/c1-3-4-5-6-7-24-49-35-22-16-31(17-23-35)37(43)26-29-10-8-28(9-11-29)25-36(40(46)47)42-39(45)32-14-18-33(19-15-32)41-38(44)27-30-12-20-34(48-2)21-13-30;1-2-3-4-5-9-24-49-35-22-18-32(19-23-35)37(43)26-30-14-12-29(13-15-30)25-36(40(46)47)42-39(45)33-16-20-34(21-17-33)41-38(44)28-48-27-31-10-7-6-8-11-31;1-3-4-5-6-9-24-45-32-20-22-33(23-21-32)46(43,44)39-31-16-12-27(13-17-31)25-34(36(41)42)38-35(40)29-14-18-30(19-15-29)37-26(2)28-10-7-8-11-28/h8-23,36H,3-7,24-27H2,1-2H3,(H,41,44)(H,42,45)(H,46,47);6-8,10-23,36H,2-5,9,24-28H2,1H3,(H,41,44)(H,42,45)(H,46,47);12-23,28,34,37,39H,2-11,24-25H2,1H3,(H,38,40)(H,41,42)/t2*36-;34-/m000/s1. The summed E-state index contributed by atoms with van der Waals surface area (Å²) in [5, 5.41) is 46.0. The molecule has 1 fully saturated rings. The molecule has 0 spiro atoms. The summed E-state index contributed by atoms with van der Waals surface area (Å²) in [6.45, 7) is 12.8. The number of aliphatic carboxylic acids is 3. The number of ether oxygens (including phenoxy) is 5. The first kappa shape index (κ1) is 111. The molecule has 28 heteroatoms. The van der Waals surface area contributed by atoms with Crippen LogP contribution in [0.2, 0.25) is 0 Å². The summed E-state index contributed by atoms with van der Waals surface area (Å²) in [7, 11) is -2.27. The number of carboxylic acid groups (broad SMARTS) is 3. The summed E-state index contributed by atoms with van der Waals surface area (Å²) in [5.41, 5.74) is 10.6. The monoisotopic (exact) mass is 1980 g/mol. The third-order valence-electron chi connectivity index (χ3n) is 24.2. The Hall–Kier alpha value is -15.0. The van der Waals surface area contributed by atoms with Crippen LogP contribution in [-0.4, -0.2) is 134 Å². The fraction of sp³-hybridized carbons (Fsp3) is 0.328. The number of carbonyl (C=O) groups excluding carboxylic acids is 7. The maximum absolute atomic E-state index is 12.9. The van der Waals surface area contributed by atoms with E-state index in [9.17, 15) is 71.7 Å². The molecule has 0 unspecified atom stereocenters. The smallest absolute Gasteiger partial charge is 0.326 e. The lowest BCUT2D eigenvalue weighted by molar-refractivity contribution is -0.140. The molecule has 0 aromatic heterocycles. The minimum absolute atomic E-state index is 0.0228. The normalized spacial score (nSPS) is 12.2. The van der Waals surface area contributed by atoms with E-state index in [-0.39, 0.29) is 84.5 Å². The van der Waals surface area contributed by atoms with Gasteiger partial charge in [-0.05, 0) is 247 Å². The second-order valence-electron chi connectivity index (χ2n) is 35.6. The number of rotatable bonds is 57. The van der Waals surface area contributed by atoms with Crippen LogP contribution in [0.25, 0.3) is 0 Å². The van der Waals surface area contributed by atoms with Gasteiger partial charge < -0.3 is 70.9 Å². The van der Waals surface area contributed by atoms with E-state index in [1.807, 2.05) is 66.7 Å². The minimum atomic E-state index is -3.84. The number of benzene rings is 11. The Morgan fingerprint density at radius 3 is 1.04 bits per heavy atom. The van der Waals surface area contributed by atoms with Crippen molar-refractivity contribution in [3.63, 3.8) is 0 Å². The van der Waals surface area contributed by atoms with Crippen molar-refractivity contribution in [2.24, 2.45) is 5.92 Å². The van der Waals surface area contributed by atoms with Crippen LogP contribution in [-0.2, 0) is 83.9 Å². The van der Waals surface area contributed by atoms with Crippen molar-refractivity contribution in [2.45, 2.75) is 211 Å². The maximum atomic E-state index is 12.9. The predicted octanol–water partition coefficient (Wildman–Crippen LogP) is 21.5. The molecule has 5 amide bonds. The average Bonchev–Trinajstić information content (AvgIpc) is 0.898. The first-order valence-electron chi connectivity index (χ1n) is 49.4. The van der Waals surface area contributed by atoms with Gasteiger partial charge in [0.2, 0.25) is 11.8 Å². The number of nitrogens with one attached hydrogen (secondary N) is 7. The summed E-state index contributed by atoms with van der Waals surface area (Å²) in [4.78, 5) is 125. The molecule has 0 saturated heterocycles. The molecule has 0 bridgehead atoms. The Labute approximate surface area is 844 Å². The summed E-state index contributed by atoms with van der Waals surface area (Å²) in [6.07, 6.45) is 22.8. The van der Waals surface area contributed by atoms with Gasteiger partial charge in [0.1, 0.15) is 47.7 Å². The van der Waals surface area contributed by atoms with E-state index in [0.717, 1.165) is 96.5 Å². The molecule has 758 valence electrons. The summed E-state index contributed by atoms with van der Waals surface area (Å²) < 4.78 is 56.3. The number of Topliss-reactive ketones (excluding diaryl/α,β-unsaturated/α-hetero) is 2. The van der Waals surface area contributed by atoms with Crippen LogP contribution in [0.15, 0.2) is 290 Å². The van der Waals surface area contributed by atoms with E-state index in [4.69, 9.17) is 23.7 Å². The van der Waals surface area contributed by atoms with Crippen molar-refractivity contribution >= 4 is 91.8 Å². The van der Waals surface area contributed by atoms with Crippen LogP contribution in [0.1, 0.15) is 234 Å². The number of amides is 5. The van der Waals surface area contributed by atoms with E-state index in [2.05, 4.69) is 64.0 Å². The number of methoxy groups -OCH3 is 1. The van der Waals surface area contributed by atoms with Crippen molar-refractivity contribution in [3.8, 4) is 23.0 Å². The largest absolute Gasteiger partial charge is 0.497 e. The van der Waals surface area contributed by atoms with Crippen LogP contribution in [0, 0.1) is 5.92 Å². The Kier molecular flexibility index (Phi) is 46.0. The van der Waals surface area contributed by atoms with Gasteiger partial charge in [-0.15, -0.1) is 0 Å². The van der Waals surface area contributed by atoms with Crippen LogP contribution in [0.3, 0.4) is 0 Å². The molecule has 12 rings (SSSR count). The first-order chi connectivity index (χ1) is 69.7.